The van der Waals surface area contributed by atoms with Gasteiger partial charge in [0.05, 0.1) is 41.0 Å². The second kappa shape index (κ2) is 7.63. The molecule has 29 heavy (non-hydrogen) atoms. The van der Waals surface area contributed by atoms with E-state index >= 15 is 0 Å². The number of ether oxygens (including phenoxy) is 1. The number of H-pyrrole nitrogens is 1. The number of amides is 1. The van der Waals surface area contributed by atoms with E-state index in [9.17, 15) is 4.79 Å². The van der Waals surface area contributed by atoms with Crippen LogP contribution < -0.4 is 15.4 Å². The monoisotopic (exact) mass is 412 g/mol. The fourth-order valence-corrected chi connectivity index (χ4v) is 3.47. The molecule has 0 bridgehead atoms. The number of carbonyl (C=O) groups is 1. The molecule has 4 rings (SSSR count). The number of aromatic amines is 1. The Kier molecular flexibility index (Phi) is 5.02. The van der Waals surface area contributed by atoms with Crippen LogP contribution >= 0.6 is 11.6 Å². The van der Waals surface area contributed by atoms with Crippen LogP contribution in [0, 0.1) is 6.92 Å². The first kappa shape index (κ1) is 19.1. The number of pyridine rings is 1. The minimum Gasteiger partial charge on any atom is -0.478 e. The molecule has 0 saturated carbocycles. The summed E-state index contributed by atoms with van der Waals surface area (Å²) in [6, 6.07) is 7.59. The second-order valence-corrected chi connectivity index (χ2v) is 7.26. The van der Waals surface area contributed by atoms with Crippen LogP contribution in [0.3, 0.4) is 0 Å². The van der Waals surface area contributed by atoms with Crippen LogP contribution in [0.15, 0.2) is 30.5 Å². The fourth-order valence-electron chi connectivity index (χ4n) is 3.32. The normalized spacial score (nSPS) is 13.2. The number of fused-ring (bicyclic) bond motifs is 1. The molecule has 1 aromatic carbocycles. The zero-order valence-corrected chi connectivity index (χ0v) is 17.1. The Hall–Kier alpha value is -3.26. The zero-order valence-electron chi connectivity index (χ0n) is 16.3. The molecule has 0 fully saturated rings. The largest absolute Gasteiger partial charge is 0.478 e. The molecule has 0 radical (unpaired) electrons. The van der Waals surface area contributed by atoms with Gasteiger partial charge in [-0.1, -0.05) is 23.7 Å². The van der Waals surface area contributed by atoms with Crippen molar-refractivity contribution >= 4 is 40.4 Å². The lowest BCUT2D eigenvalue weighted by molar-refractivity contribution is 0.0782. The van der Waals surface area contributed by atoms with Gasteiger partial charge >= 0.3 is 0 Å². The molecular weight excluding hydrogens is 392 g/mol. The van der Waals surface area contributed by atoms with Crippen LogP contribution in [0.4, 0.5) is 22.9 Å². The Morgan fingerprint density at radius 3 is 2.90 bits per heavy atom. The number of rotatable bonds is 5. The van der Waals surface area contributed by atoms with E-state index in [1.165, 1.54) is 0 Å². The molecule has 1 aliphatic heterocycles. The SMILES string of the molecule is COc1n[nH]c(C)c1Nc1cc(Nc2cccc3c2C(=O)N(C)CC3)c(Cl)cn1. The molecule has 0 spiro atoms. The molecule has 1 aliphatic rings. The Morgan fingerprint density at radius 1 is 1.28 bits per heavy atom. The molecule has 0 aliphatic carbocycles. The van der Waals surface area contributed by atoms with E-state index in [1.807, 2.05) is 32.2 Å². The molecule has 8 nitrogen and oxygen atoms in total. The highest BCUT2D eigenvalue weighted by Gasteiger charge is 2.24. The minimum absolute atomic E-state index is 0.00312. The molecule has 0 saturated heterocycles. The maximum atomic E-state index is 12.7. The van der Waals surface area contributed by atoms with Crippen LogP contribution in [0.2, 0.25) is 5.02 Å². The van der Waals surface area contributed by atoms with Gasteiger partial charge < -0.3 is 20.3 Å². The first-order valence-electron chi connectivity index (χ1n) is 9.14. The smallest absolute Gasteiger partial charge is 0.256 e. The van der Waals surface area contributed by atoms with Gasteiger partial charge in [-0.05, 0) is 25.0 Å². The van der Waals surface area contributed by atoms with Crippen molar-refractivity contribution in [1.29, 1.82) is 0 Å². The summed E-state index contributed by atoms with van der Waals surface area (Å²) in [4.78, 5) is 18.8. The molecule has 3 N–H and O–H groups in total. The number of carbonyl (C=O) groups excluding carboxylic acids is 1. The van der Waals surface area contributed by atoms with E-state index in [2.05, 4.69) is 25.8 Å². The van der Waals surface area contributed by atoms with Crippen molar-refractivity contribution < 1.29 is 9.53 Å². The van der Waals surface area contributed by atoms with Gasteiger partial charge in [-0.25, -0.2) is 4.98 Å². The summed E-state index contributed by atoms with van der Waals surface area (Å²) < 4.78 is 5.26. The number of nitrogens with one attached hydrogen (secondary N) is 3. The summed E-state index contributed by atoms with van der Waals surface area (Å²) in [6.45, 7) is 2.59. The van der Waals surface area contributed by atoms with Gasteiger partial charge in [-0.2, -0.15) is 0 Å². The van der Waals surface area contributed by atoms with Gasteiger partial charge in [-0.3, -0.25) is 9.89 Å². The predicted octanol–water partition coefficient (Wildman–Crippen LogP) is 3.89. The summed E-state index contributed by atoms with van der Waals surface area (Å²) in [6.07, 6.45) is 2.38. The van der Waals surface area contributed by atoms with Crippen molar-refractivity contribution in [2.75, 3.05) is 31.3 Å². The molecule has 3 aromatic rings. The molecule has 2 aromatic heterocycles. The van der Waals surface area contributed by atoms with E-state index in [0.717, 1.165) is 23.4 Å². The van der Waals surface area contributed by atoms with E-state index in [4.69, 9.17) is 16.3 Å². The highest BCUT2D eigenvalue weighted by molar-refractivity contribution is 6.33. The molecule has 1 amide bonds. The third-order valence-electron chi connectivity index (χ3n) is 4.91. The summed E-state index contributed by atoms with van der Waals surface area (Å²) in [5.41, 5.74) is 4.58. The van der Waals surface area contributed by atoms with Gasteiger partial charge in [0.15, 0.2) is 0 Å². The van der Waals surface area contributed by atoms with Gasteiger partial charge in [-0.15, -0.1) is 5.10 Å². The number of hydrogen-bond acceptors (Lipinski definition) is 6. The Bertz CT molecular complexity index is 1080. The van der Waals surface area contributed by atoms with E-state index in [1.54, 1.807) is 24.3 Å². The highest BCUT2D eigenvalue weighted by atomic mass is 35.5. The molecular formula is C20H21ClN6O2. The third-order valence-corrected chi connectivity index (χ3v) is 5.21. The average Bonchev–Trinajstić information content (AvgIpc) is 3.07. The summed E-state index contributed by atoms with van der Waals surface area (Å²) in [5.74, 6) is 1.00. The topological polar surface area (TPSA) is 95.2 Å². The van der Waals surface area contributed by atoms with Gasteiger partial charge in [0.2, 0.25) is 0 Å². The van der Waals surface area contributed by atoms with Crippen LogP contribution in [-0.4, -0.2) is 46.7 Å². The van der Waals surface area contributed by atoms with Gasteiger partial charge in [0.1, 0.15) is 11.5 Å². The van der Waals surface area contributed by atoms with Crippen LogP contribution in [-0.2, 0) is 6.42 Å². The van der Waals surface area contributed by atoms with E-state index in [0.29, 0.717) is 40.2 Å². The lowest BCUT2D eigenvalue weighted by Crippen LogP contribution is -2.34. The lowest BCUT2D eigenvalue weighted by Gasteiger charge is -2.27. The first-order valence-corrected chi connectivity index (χ1v) is 9.51. The van der Waals surface area contributed by atoms with Crippen molar-refractivity contribution in [3.8, 4) is 5.88 Å². The summed E-state index contributed by atoms with van der Waals surface area (Å²) in [5, 5.41) is 13.9. The first-order chi connectivity index (χ1) is 14.0. The minimum atomic E-state index is -0.00312. The van der Waals surface area contributed by atoms with Crippen LogP contribution in [0.1, 0.15) is 21.6 Å². The third kappa shape index (κ3) is 3.58. The number of halogens is 1. The fraction of sp³-hybridized carbons (Fsp3) is 0.250. The van der Waals surface area contributed by atoms with Crippen molar-refractivity contribution in [2.45, 2.75) is 13.3 Å². The summed E-state index contributed by atoms with van der Waals surface area (Å²) >= 11 is 6.37. The predicted molar refractivity (Wildman–Crippen MR) is 113 cm³/mol. The summed E-state index contributed by atoms with van der Waals surface area (Å²) in [7, 11) is 3.36. The van der Waals surface area contributed by atoms with Crippen molar-refractivity contribution in [1.82, 2.24) is 20.1 Å². The van der Waals surface area contributed by atoms with Gasteiger partial charge in [0, 0.05) is 19.7 Å². The maximum Gasteiger partial charge on any atom is 0.256 e. The van der Waals surface area contributed by atoms with Gasteiger partial charge in [0.25, 0.3) is 11.8 Å². The van der Waals surface area contributed by atoms with E-state index < -0.39 is 0 Å². The standard InChI is InChI=1S/C20H21ClN6O2/c1-11-18(19(29-3)26-25-11)24-16-9-15(13(21)10-22-16)23-14-6-4-5-12-7-8-27(2)20(28)17(12)14/h4-6,9-10H,7-8H2,1-3H3,(H,25,26)(H2,22,23,24). The molecule has 0 atom stereocenters. The van der Waals surface area contributed by atoms with Crippen LogP contribution in [0.5, 0.6) is 5.88 Å². The average molecular weight is 413 g/mol. The van der Waals surface area contributed by atoms with Crippen molar-refractivity contribution in [2.24, 2.45) is 0 Å². The Labute approximate surface area is 173 Å². The highest BCUT2D eigenvalue weighted by Crippen LogP contribution is 2.34. The molecule has 0 unspecified atom stereocenters. The van der Waals surface area contributed by atoms with Crippen molar-refractivity contribution in [3.05, 3.63) is 52.3 Å². The Balaban J connectivity index is 1.66. The lowest BCUT2D eigenvalue weighted by atomic mass is 9.97. The number of aromatic nitrogens is 3. The number of hydrogen-bond donors (Lipinski definition) is 3. The zero-order chi connectivity index (χ0) is 20.5. The van der Waals surface area contributed by atoms with Crippen LogP contribution in [0.25, 0.3) is 0 Å². The van der Waals surface area contributed by atoms with E-state index in [-0.39, 0.29) is 5.91 Å². The Morgan fingerprint density at radius 2 is 2.10 bits per heavy atom. The number of methoxy groups -OCH3 is 1. The molecule has 3 heterocycles. The number of benzene rings is 1. The quantitative estimate of drug-likeness (QED) is 0.588. The maximum absolute atomic E-state index is 12.7. The second-order valence-electron chi connectivity index (χ2n) is 6.85. The number of nitrogens with zero attached hydrogens (tertiary/aromatic N) is 3. The number of anilines is 4. The number of aryl methyl sites for hydroxylation is 1. The number of likely N-dealkylation sites (N-methyl/N-ethyl adjacent to an activating group) is 1. The molecule has 9 heteroatoms. The van der Waals surface area contributed by atoms with Crippen molar-refractivity contribution in [3.63, 3.8) is 0 Å². The molecule has 150 valence electrons.